The molecule has 0 spiro atoms. The normalized spacial score (nSPS) is 13.2. The minimum absolute atomic E-state index is 0.206. The van der Waals surface area contributed by atoms with Crippen LogP contribution in [0.3, 0.4) is 0 Å². The summed E-state index contributed by atoms with van der Waals surface area (Å²) in [6, 6.07) is 11.5. The highest BCUT2D eigenvalue weighted by Crippen LogP contribution is 2.18. The van der Waals surface area contributed by atoms with E-state index in [0.717, 1.165) is 22.6 Å². The van der Waals surface area contributed by atoms with Gasteiger partial charge in [-0.15, -0.1) is 0 Å². The number of ether oxygens (including phenoxy) is 1. The molecule has 1 amide bonds. The second kappa shape index (κ2) is 9.44. The quantitative estimate of drug-likeness (QED) is 0.718. The van der Waals surface area contributed by atoms with Crippen molar-refractivity contribution in [1.29, 1.82) is 0 Å². The monoisotopic (exact) mass is 360 g/mol. The number of nitrogens with two attached hydrogens (primary N) is 1. The second-order valence-electron chi connectivity index (χ2n) is 5.83. The molecule has 1 aromatic carbocycles. The predicted octanol–water partition coefficient (Wildman–Crippen LogP) is 2.52. The van der Waals surface area contributed by atoms with E-state index in [1.165, 1.54) is 11.8 Å². The third-order valence-corrected chi connectivity index (χ3v) is 4.87. The number of rotatable bonds is 9. The topological polar surface area (TPSA) is 85.4 Å². The average Bonchev–Trinajstić information content (AvgIpc) is 2.61. The Hall–Kier alpha value is -2.05. The lowest BCUT2D eigenvalue weighted by atomic mass is 10.1. The van der Waals surface area contributed by atoms with E-state index in [9.17, 15) is 9.90 Å². The molecule has 2 atom stereocenters. The highest BCUT2D eigenvalue weighted by Gasteiger charge is 2.14. The molecule has 1 heterocycles. The van der Waals surface area contributed by atoms with Gasteiger partial charge in [0, 0.05) is 18.3 Å². The Morgan fingerprint density at radius 2 is 2.00 bits per heavy atom. The summed E-state index contributed by atoms with van der Waals surface area (Å²) >= 11 is 1.46. The minimum Gasteiger partial charge on any atom is -0.493 e. The molecule has 0 fully saturated rings. The largest absolute Gasteiger partial charge is 0.493 e. The summed E-state index contributed by atoms with van der Waals surface area (Å²) in [6.45, 7) is 2.24. The number of aliphatic hydroxyl groups is 1. The van der Waals surface area contributed by atoms with E-state index in [0.29, 0.717) is 19.4 Å². The third kappa shape index (κ3) is 6.07. The van der Waals surface area contributed by atoms with E-state index in [2.05, 4.69) is 4.98 Å². The van der Waals surface area contributed by atoms with Crippen LogP contribution in [-0.4, -0.2) is 34.1 Å². The molecule has 2 aromatic rings. The van der Waals surface area contributed by atoms with E-state index in [-0.39, 0.29) is 11.2 Å². The molecule has 0 saturated carbocycles. The molecule has 0 saturated heterocycles. The van der Waals surface area contributed by atoms with Crippen LogP contribution < -0.4 is 10.5 Å². The number of benzene rings is 1. The molecule has 0 aliphatic heterocycles. The molecule has 25 heavy (non-hydrogen) atoms. The van der Waals surface area contributed by atoms with Gasteiger partial charge in [-0.2, -0.15) is 11.8 Å². The Bertz CT molecular complexity index is 672. The van der Waals surface area contributed by atoms with Gasteiger partial charge in [0.25, 0.3) is 0 Å². The predicted molar refractivity (Wildman–Crippen MR) is 101 cm³/mol. The van der Waals surface area contributed by atoms with Crippen LogP contribution in [0.25, 0.3) is 0 Å². The van der Waals surface area contributed by atoms with Gasteiger partial charge in [-0.25, -0.2) is 0 Å². The first-order chi connectivity index (χ1) is 12.0. The fraction of sp³-hybridized carbons (Fsp3) is 0.368. The molecule has 0 radical (unpaired) electrons. The highest BCUT2D eigenvalue weighted by atomic mass is 32.2. The first-order valence-corrected chi connectivity index (χ1v) is 9.45. The Kier molecular flexibility index (Phi) is 7.28. The van der Waals surface area contributed by atoms with Crippen LogP contribution in [0.4, 0.5) is 0 Å². The number of amides is 1. The maximum Gasteiger partial charge on any atom is 0.230 e. The van der Waals surface area contributed by atoms with E-state index in [1.54, 1.807) is 13.1 Å². The van der Waals surface area contributed by atoms with Gasteiger partial charge in [0.2, 0.25) is 5.91 Å². The summed E-state index contributed by atoms with van der Waals surface area (Å²) < 4.78 is 5.74. The molecular weight excluding hydrogens is 336 g/mol. The van der Waals surface area contributed by atoms with Crippen LogP contribution in [0.1, 0.15) is 29.8 Å². The number of nitrogens with zero attached hydrogens (tertiary/aromatic N) is 1. The van der Waals surface area contributed by atoms with E-state index in [1.807, 2.05) is 42.7 Å². The van der Waals surface area contributed by atoms with Crippen LogP contribution in [0.5, 0.6) is 5.75 Å². The fourth-order valence-electron chi connectivity index (χ4n) is 2.34. The Labute approximate surface area is 152 Å². The number of hydrogen-bond donors (Lipinski definition) is 2. The minimum atomic E-state index is -0.503. The van der Waals surface area contributed by atoms with Crippen molar-refractivity contribution in [2.75, 3.05) is 12.9 Å². The molecule has 6 heteroatoms. The summed E-state index contributed by atoms with van der Waals surface area (Å²) in [6.07, 6.45) is 4.38. The Balaban J connectivity index is 1.82. The van der Waals surface area contributed by atoms with Crippen LogP contribution >= 0.6 is 11.8 Å². The summed E-state index contributed by atoms with van der Waals surface area (Å²) in [7, 11) is 0. The molecule has 2 rings (SSSR count). The van der Waals surface area contributed by atoms with Gasteiger partial charge in [-0.1, -0.05) is 18.2 Å². The third-order valence-electron chi connectivity index (χ3n) is 3.90. The van der Waals surface area contributed by atoms with E-state index in [4.69, 9.17) is 10.5 Å². The molecule has 134 valence electrons. The lowest BCUT2D eigenvalue weighted by molar-refractivity contribution is -0.117. The smallest absolute Gasteiger partial charge is 0.230 e. The maximum atomic E-state index is 11.3. The van der Waals surface area contributed by atoms with Gasteiger partial charge in [-0.05, 0) is 48.9 Å². The van der Waals surface area contributed by atoms with Gasteiger partial charge in [0.1, 0.15) is 5.75 Å². The number of pyridine rings is 1. The van der Waals surface area contributed by atoms with Crippen molar-refractivity contribution in [3.8, 4) is 5.75 Å². The zero-order valence-corrected chi connectivity index (χ0v) is 15.3. The number of hydrogen-bond acceptors (Lipinski definition) is 5. The van der Waals surface area contributed by atoms with Crippen molar-refractivity contribution in [1.82, 2.24) is 4.98 Å². The van der Waals surface area contributed by atoms with Crippen LogP contribution in [0.2, 0.25) is 0 Å². The summed E-state index contributed by atoms with van der Waals surface area (Å²) in [5.74, 6) is 0.492. The molecule has 0 aliphatic rings. The van der Waals surface area contributed by atoms with Gasteiger partial charge in [0.05, 0.1) is 18.0 Å². The molecule has 5 nitrogen and oxygen atoms in total. The standard InChI is InChI=1S/C19H24N2O3S/c1-13(22)15-5-6-16(21-12-15)9-10-24-17-7-3-14(4-8-17)11-18(25-2)19(20)23/h3-8,12-13,18,22H,9-11H2,1-2H3,(H2,20,23)/t13?,18-/m1/s1. The van der Waals surface area contributed by atoms with Crippen molar-refractivity contribution >= 4 is 17.7 Å². The zero-order valence-electron chi connectivity index (χ0n) is 14.5. The van der Waals surface area contributed by atoms with Crippen molar-refractivity contribution in [2.24, 2.45) is 5.73 Å². The van der Waals surface area contributed by atoms with E-state index >= 15 is 0 Å². The average molecular weight is 360 g/mol. The number of thioether (sulfide) groups is 1. The van der Waals surface area contributed by atoms with Crippen LogP contribution in [-0.2, 0) is 17.6 Å². The summed E-state index contributed by atoms with van der Waals surface area (Å²) in [5.41, 5.74) is 8.15. The van der Waals surface area contributed by atoms with Crippen molar-refractivity contribution < 1.29 is 14.6 Å². The van der Waals surface area contributed by atoms with Gasteiger partial charge < -0.3 is 15.6 Å². The van der Waals surface area contributed by atoms with Crippen molar-refractivity contribution in [2.45, 2.75) is 31.1 Å². The number of carbonyl (C=O) groups is 1. The second-order valence-corrected chi connectivity index (χ2v) is 6.87. The molecule has 3 N–H and O–H groups in total. The van der Waals surface area contributed by atoms with Crippen LogP contribution in [0, 0.1) is 0 Å². The first-order valence-electron chi connectivity index (χ1n) is 8.16. The molecule has 1 aromatic heterocycles. The van der Waals surface area contributed by atoms with Crippen molar-refractivity contribution in [3.05, 3.63) is 59.4 Å². The Morgan fingerprint density at radius 3 is 2.52 bits per heavy atom. The van der Waals surface area contributed by atoms with E-state index < -0.39 is 6.10 Å². The van der Waals surface area contributed by atoms with Crippen molar-refractivity contribution in [3.63, 3.8) is 0 Å². The summed E-state index contributed by atoms with van der Waals surface area (Å²) in [4.78, 5) is 15.6. The Morgan fingerprint density at radius 1 is 1.28 bits per heavy atom. The van der Waals surface area contributed by atoms with Gasteiger partial charge >= 0.3 is 0 Å². The molecule has 1 unspecified atom stereocenters. The molecule has 0 aliphatic carbocycles. The molecule has 0 bridgehead atoms. The maximum absolute atomic E-state index is 11.3. The first kappa shape index (κ1) is 19.3. The zero-order chi connectivity index (χ0) is 18.2. The number of aliphatic hydroxyl groups excluding tert-OH is 1. The highest BCUT2D eigenvalue weighted by molar-refractivity contribution is 7.99. The number of primary amides is 1. The SMILES string of the molecule is CS[C@H](Cc1ccc(OCCc2ccc(C(C)O)cn2)cc1)C(N)=O. The van der Waals surface area contributed by atoms with Gasteiger partial charge in [0.15, 0.2) is 0 Å². The lowest BCUT2D eigenvalue weighted by Crippen LogP contribution is -2.27. The number of carbonyl (C=O) groups excluding carboxylic acids is 1. The lowest BCUT2D eigenvalue weighted by Gasteiger charge is -2.11. The molecular formula is C19H24N2O3S. The number of aromatic nitrogens is 1. The fourth-order valence-corrected chi connectivity index (χ4v) is 2.93. The van der Waals surface area contributed by atoms with Crippen LogP contribution in [0.15, 0.2) is 42.6 Å². The van der Waals surface area contributed by atoms with Gasteiger partial charge in [-0.3, -0.25) is 9.78 Å². The summed E-state index contributed by atoms with van der Waals surface area (Å²) in [5, 5.41) is 9.26.